The Hall–Kier alpha value is -2.87. The number of hydrogen-bond acceptors (Lipinski definition) is 4. The molecule has 2 rings (SSSR count). The minimum Gasteiger partial charge on any atom is -0.417 e. The molecule has 0 spiro atoms. The van der Waals surface area contributed by atoms with Gasteiger partial charge >= 0.3 is 5.97 Å². The van der Waals surface area contributed by atoms with Gasteiger partial charge in [-0.25, -0.2) is 4.79 Å². The van der Waals surface area contributed by atoms with Gasteiger partial charge in [-0.1, -0.05) is 18.2 Å². The quantitative estimate of drug-likeness (QED) is 0.806. The molecule has 5 nitrogen and oxygen atoms in total. The summed E-state index contributed by atoms with van der Waals surface area (Å²) in [6, 6.07) is 11.9. The number of nitrogens with zero attached hydrogens (tertiary/aromatic N) is 2. The Morgan fingerprint density at radius 1 is 1.33 bits per heavy atom. The van der Waals surface area contributed by atoms with Crippen LogP contribution in [0, 0.1) is 18.3 Å². The number of aryl methyl sites for hydroxylation is 2. The minimum atomic E-state index is -0.580. The summed E-state index contributed by atoms with van der Waals surface area (Å²) in [5, 5.41) is 8.63. The number of pyridine rings is 1. The van der Waals surface area contributed by atoms with Crippen molar-refractivity contribution in [1.82, 2.24) is 4.57 Å². The molecule has 0 aliphatic rings. The summed E-state index contributed by atoms with van der Waals surface area (Å²) in [7, 11) is 0. The molecule has 1 aromatic heterocycles. The first-order chi connectivity index (χ1) is 10.1. The van der Waals surface area contributed by atoms with Gasteiger partial charge in [-0.05, 0) is 19.1 Å². The fourth-order valence-electron chi connectivity index (χ4n) is 1.87. The van der Waals surface area contributed by atoms with Crippen molar-refractivity contribution < 1.29 is 9.53 Å². The summed E-state index contributed by atoms with van der Waals surface area (Å²) in [6.45, 7) is 2.21. The maximum atomic E-state index is 12.0. The van der Waals surface area contributed by atoms with E-state index in [0.717, 1.165) is 5.69 Å². The highest BCUT2D eigenvalue weighted by atomic mass is 16.5. The lowest BCUT2D eigenvalue weighted by Crippen LogP contribution is -2.18. The number of nitriles is 1. The van der Waals surface area contributed by atoms with Crippen molar-refractivity contribution in [1.29, 1.82) is 5.26 Å². The Bertz CT molecular complexity index is 742. The van der Waals surface area contributed by atoms with E-state index in [1.54, 1.807) is 41.8 Å². The van der Waals surface area contributed by atoms with E-state index in [2.05, 4.69) is 0 Å². The molecule has 0 N–H and O–H groups in total. The highest BCUT2D eigenvalue weighted by Gasteiger charge is 2.12. The SMILES string of the molecule is Cc1cc(=O)c(OC(=O)c2ccccc2)cn1CCC#N. The van der Waals surface area contributed by atoms with E-state index < -0.39 is 5.97 Å². The summed E-state index contributed by atoms with van der Waals surface area (Å²) in [5.74, 6) is -0.615. The molecule has 0 atom stereocenters. The van der Waals surface area contributed by atoms with Crippen molar-refractivity contribution in [2.75, 3.05) is 0 Å². The third-order valence-corrected chi connectivity index (χ3v) is 2.99. The van der Waals surface area contributed by atoms with Crippen molar-refractivity contribution >= 4 is 5.97 Å². The number of carbonyl (C=O) groups is 1. The second kappa shape index (κ2) is 6.53. The maximum absolute atomic E-state index is 12.0. The molecule has 0 radical (unpaired) electrons. The summed E-state index contributed by atoms with van der Waals surface area (Å²) < 4.78 is 6.87. The lowest BCUT2D eigenvalue weighted by molar-refractivity contribution is 0.0731. The smallest absolute Gasteiger partial charge is 0.343 e. The number of ether oxygens (including phenoxy) is 1. The molecule has 0 fully saturated rings. The van der Waals surface area contributed by atoms with Gasteiger partial charge in [0.25, 0.3) is 0 Å². The Balaban J connectivity index is 2.26. The number of benzene rings is 1. The number of carbonyl (C=O) groups excluding carboxylic acids is 1. The van der Waals surface area contributed by atoms with E-state index in [9.17, 15) is 9.59 Å². The van der Waals surface area contributed by atoms with Gasteiger partial charge in [0, 0.05) is 18.3 Å². The van der Waals surface area contributed by atoms with Crippen LogP contribution in [0.4, 0.5) is 0 Å². The van der Waals surface area contributed by atoms with Crippen molar-refractivity contribution in [3.63, 3.8) is 0 Å². The molecule has 5 heteroatoms. The molecule has 0 aliphatic carbocycles. The van der Waals surface area contributed by atoms with Crippen LogP contribution in [0.1, 0.15) is 22.5 Å². The van der Waals surface area contributed by atoms with Gasteiger partial charge in [0.1, 0.15) is 0 Å². The fourth-order valence-corrected chi connectivity index (χ4v) is 1.87. The number of hydrogen-bond donors (Lipinski definition) is 0. The Kier molecular flexibility index (Phi) is 4.52. The van der Waals surface area contributed by atoms with Gasteiger partial charge in [-0.15, -0.1) is 0 Å². The van der Waals surface area contributed by atoms with Crippen LogP contribution in [0.15, 0.2) is 47.4 Å². The highest BCUT2D eigenvalue weighted by molar-refractivity contribution is 5.90. The van der Waals surface area contributed by atoms with Crippen molar-refractivity contribution in [3.05, 3.63) is 64.1 Å². The highest BCUT2D eigenvalue weighted by Crippen LogP contribution is 2.10. The van der Waals surface area contributed by atoms with Crippen molar-refractivity contribution in [2.24, 2.45) is 0 Å². The number of esters is 1. The van der Waals surface area contributed by atoms with Crippen LogP contribution < -0.4 is 10.2 Å². The number of aromatic nitrogens is 1. The first-order valence-corrected chi connectivity index (χ1v) is 6.47. The van der Waals surface area contributed by atoms with Crippen LogP contribution in [-0.2, 0) is 6.54 Å². The summed E-state index contributed by atoms with van der Waals surface area (Å²) >= 11 is 0. The fraction of sp³-hybridized carbons (Fsp3) is 0.188. The topological polar surface area (TPSA) is 72.1 Å². The van der Waals surface area contributed by atoms with E-state index in [1.165, 1.54) is 12.3 Å². The zero-order valence-corrected chi connectivity index (χ0v) is 11.6. The summed E-state index contributed by atoms with van der Waals surface area (Å²) in [4.78, 5) is 23.8. The molecule has 0 saturated heterocycles. The summed E-state index contributed by atoms with van der Waals surface area (Å²) in [6.07, 6.45) is 1.78. The van der Waals surface area contributed by atoms with Crippen LogP contribution >= 0.6 is 0 Å². The van der Waals surface area contributed by atoms with E-state index >= 15 is 0 Å². The van der Waals surface area contributed by atoms with Crippen LogP contribution in [-0.4, -0.2) is 10.5 Å². The zero-order chi connectivity index (χ0) is 15.2. The van der Waals surface area contributed by atoms with Gasteiger partial charge < -0.3 is 9.30 Å². The van der Waals surface area contributed by atoms with E-state index in [4.69, 9.17) is 10.00 Å². The van der Waals surface area contributed by atoms with Gasteiger partial charge in [-0.3, -0.25) is 4.79 Å². The standard InChI is InChI=1S/C16H14N2O3/c1-12-10-14(19)15(11-18(12)9-5-8-17)21-16(20)13-6-3-2-4-7-13/h2-4,6-7,10-11H,5,9H2,1H3. The normalized spacial score (nSPS) is 9.90. The zero-order valence-electron chi connectivity index (χ0n) is 11.6. The molecule has 1 heterocycles. The Morgan fingerprint density at radius 3 is 2.71 bits per heavy atom. The Morgan fingerprint density at radius 2 is 2.05 bits per heavy atom. The largest absolute Gasteiger partial charge is 0.417 e. The van der Waals surface area contributed by atoms with Crippen LogP contribution in [0.2, 0.25) is 0 Å². The van der Waals surface area contributed by atoms with E-state index in [-0.39, 0.29) is 11.2 Å². The van der Waals surface area contributed by atoms with Crippen molar-refractivity contribution in [2.45, 2.75) is 19.9 Å². The molecule has 0 bridgehead atoms. The molecule has 2 aromatic rings. The monoisotopic (exact) mass is 282 g/mol. The Labute approximate surface area is 122 Å². The van der Waals surface area contributed by atoms with Crippen LogP contribution in [0.3, 0.4) is 0 Å². The molecule has 106 valence electrons. The molecular weight excluding hydrogens is 268 g/mol. The van der Waals surface area contributed by atoms with Gasteiger partial charge in [0.2, 0.25) is 5.43 Å². The van der Waals surface area contributed by atoms with E-state index in [0.29, 0.717) is 18.5 Å². The van der Waals surface area contributed by atoms with Crippen molar-refractivity contribution in [3.8, 4) is 11.8 Å². The molecular formula is C16H14N2O3. The third kappa shape index (κ3) is 3.57. The van der Waals surface area contributed by atoms with Gasteiger partial charge in [-0.2, -0.15) is 5.26 Å². The van der Waals surface area contributed by atoms with Crippen LogP contribution in [0.25, 0.3) is 0 Å². The predicted molar refractivity (Wildman–Crippen MR) is 77.1 cm³/mol. The van der Waals surface area contributed by atoms with Gasteiger partial charge in [0.05, 0.1) is 24.3 Å². The second-order valence-electron chi connectivity index (χ2n) is 4.50. The lowest BCUT2D eigenvalue weighted by atomic mass is 10.2. The first kappa shape index (κ1) is 14.5. The molecule has 0 saturated carbocycles. The minimum absolute atomic E-state index is 0.0348. The molecule has 21 heavy (non-hydrogen) atoms. The average molecular weight is 282 g/mol. The predicted octanol–water partition coefficient (Wildman–Crippen LogP) is 2.29. The van der Waals surface area contributed by atoms with E-state index in [1.807, 2.05) is 6.07 Å². The molecule has 0 amide bonds. The third-order valence-electron chi connectivity index (χ3n) is 2.99. The maximum Gasteiger partial charge on any atom is 0.343 e. The van der Waals surface area contributed by atoms with Crippen LogP contribution in [0.5, 0.6) is 5.75 Å². The lowest BCUT2D eigenvalue weighted by Gasteiger charge is -2.11. The second-order valence-corrected chi connectivity index (χ2v) is 4.50. The summed E-state index contributed by atoms with van der Waals surface area (Å²) in [5.41, 5.74) is 0.737. The van der Waals surface area contributed by atoms with Gasteiger partial charge in [0.15, 0.2) is 5.75 Å². The molecule has 0 aliphatic heterocycles. The first-order valence-electron chi connectivity index (χ1n) is 6.47. The average Bonchev–Trinajstić information content (AvgIpc) is 2.49. The molecule has 0 unspecified atom stereocenters. The number of rotatable bonds is 4. The molecule has 1 aromatic carbocycles.